The molecule has 0 aliphatic carbocycles. The fraction of sp³-hybridized carbons (Fsp3) is 0.214. The molecule has 0 fully saturated rings. The van der Waals surface area contributed by atoms with Gasteiger partial charge in [0, 0.05) is 23.2 Å². The zero-order valence-electron chi connectivity index (χ0n) is 10.5. The van der Waals surface area contributed by atoms with E-state index in [2.05, 4.69) is 4.98 Å². The van der Waals surface area contributed by atoms with Crippen molar-refractivity contribution in [1.29, 1.82) is 0 Å². The first-order chi connectivity index (χ1) is 8.69. The average Bonchev–Trinajstić information content (AvgIpc) is 2.40. The summed E-state index contributed by atoms with van der Waals surface area (Å²) in [6.07, 6.45) is 3.79. The number of nitrogens with two attached hydrogens (primary N) is 1. The molecule has 0 aliphatic heterocycles. The van der Waals surface area contributed by atoms with Gasteiger partial charge in [0.15, 0.2) is 0 Å². The van der Waals surface area contributed by atoms with Crippen LogP contribution < -0.4 is 10.5 Å². The Morgan fingerprint density at radius 1 is 1.17 bits per heavy atom. The van der Waals surface area contributed by atoms with Crippen LogP contribution in [0, 0.1) is 0 Å². The molecule has 1 atom stereocenters. The molecule has 4 heteroatoms. The van der Waals surface area contributed by atoms with Crippen LogP contribution in [0.4, 0.5) is 0 Å². The Labute approximate surface area is 111 Å². The Morgan fingerprint density at radius 2 is 1.89 bits per heavy atom. The van der Waals surface area contributed by atoms with Crippen molar-refractivity contribution in [3.8, 4) is 11.6 Å². The Hall–Kier alpha value is -1.52. The third-order valence-corrected chi connectivity index (χ3v) is 3.31. The number of rotatable bonds is 4. The van der Waals surface area contributed by atoms with Crippen LogP contribution in [-0.2, 0) is 0 Å². The van der Waals surface area contributed by atoms with Crippen molar-refractivity contribution in [2.75, 3.05) is 6.26 Å². The number of thioether (sulfide) groups is 1. The van der Waals surface area contributed by atoms with E-state index in [1.807, 2.05) is 49.6 Å². The molecule has 1 aromatic heterocycles. The molecule has 2 rings (SSSR count). The van der Waals surface area contributed by atoms with Gasteiger partial charge < -0.3 is 10.5 Å². The van der Waals surface area contributed by atoms with E-state index in [1.165, 1.54) is 4.90 Å². The lowest BCUT2D eigenvalue weighted by atomic mass is 10.2. The van der Waals surface area contributed by atoms with Crippen molar-refractivity contribution in [3.05, 3.63) is 48.2 Å². The molecule has 1 aromatic carbocycles. The van der Waals surface area contributed by atoms with Gasteiger partial charge in [-0.05, 0) is 43.0 Å². The SMILES string of the molecule is CSc1ccc(Oc2ccc([C@@H](C)N)cn2)cc1. The van der Waals surface area contributed by atoms with Crippen molar-refractivity contribution in [2.24, 2.45) is 5.73 Å². The predicted octanol–water partition coefficient (Wildman–Crippen LogP) is 3.62. The van der Waals surface area contributed by atoms with E-state index in [1.54, 1.807) is 18.0 Å². The first-order valence-electron chi connectivity index (χ1n) is 5.72. The van der Waals surface area contributed by atoms with Gasteiger partial charge in [-0.3, -0.25) is 0 Å². The van der Waals surface area contributed by atoms with Crippen LogP contribution in [0.1, 0.15) is 18.5 Å². The molecule has 3 nitrogen and oxygen atoms in total. The van der Waals surface area contributed by atoms with Gasteiger partial charge in [-0.1, -0.05) is 6.07 Å². The normalized spacial score (nSPS) is 12.2. The van der Waals surface area contributed by atoms with Crippen LogP contribution >= 0.6 is 11.8 Å². The summed E-state index contributed by atoms with van der Waals surface area (Å²) in [4.78, 5) is 5.44. The maximum atomic E-state index is 5.77. The Morgan fingerprint density at radius 3 is 2.39 bits per heavy atom. The van der Waals surface area contributed by atoms with Gasteiger partial charge in [-0.15, -0.1) is 11.8 Å². The van der Waals surface area contributed by atoms with Crippen LogP contribution in [-0.4, -0.2) is 11.2 Å². The van der Waals surface area contributed by atoms with Gasteiger partial charge in [-0.25, -0.2) is 4.98 Å². The third kappa shape index (κ3) is 3.24. The highest BCUT2D eigenvalue weighted by molar-refractivity contribution is 7.98. The van der Waals surface area contributed by atoms with E-state index in [9.17, 15) is 0 Å². The van der Waals surface area contributed by atoms with Crippen molar-refractivity contribution in [2.45, 2.75) is 17.9 Å². The molecular weight excluding hydrogens is 244 g/mol. The van der Waals surface area contributed by atoms with Gasteiger partial charge in [0.25, 0.3) is 0 Å². The van der Waals surface area contributed by atoms with E-state index in [-0.39, 0.29) is 6.04 Å². The van der Waals surface area contributed by atoms with Crippen LogP contribution in [0.2, 0.25) is 0 Å². The fourth-order valence-corrected chi connectivity index (χ4v) is 1.89. The van der Waals surface area contributed by atoms with Gasteiger partial charge in [-0.2, -0.15) is 0 Å². The van der Waals surface area contributed by atoms with Crippen LogP contribution in [0.3, 0.4) is 0 Å². The van der Waals surface area contributed by atoms with E-state index < -0.39 is 0 Å². The number of aromatic nitrogens is 1. The second-order valence-corrected chi connectivity index (χ2v) is 4.88. The largest absolute Gasteiger partial charge is 0.439 e. The number of nitrogens with zero attached hydrogens (tertiary/aromatic N) is 1. The average molecular weight is 260 g/mol. The molecule has 0 bridgehead atoms. The summed E-state index contributed by atoms with van der Waals surface area (Å²) < 4.78 is 5.65. The number of ether oxygens (including phenoxy) is 1. The highest BCUT2D eigenvalue weighted by atomic mass is 32.2. The molecule has 0 spiro atoms. The molecule has 94 valence electrons. The smallest absolute Gasteiger partial charge is 0.219 e. The first-order valence-corrected chi connectivity index (χ1v) is 6.95. The van der Waals surface area contributed by atoms with E-state index in [0.29, 0.717) is 5.88 Å². The first kappa shape index (κ1) is 12.9. The van der Waals surface area contributed by atoms with Gasteiger partial charge >= 0.3 is 0 Å². The molecule has 2 aromatic rings. The van der Waals surface area contributed by atoms with Crippen molar-refractivity contribution in [3.63, 3.8) is 0 Å². The number of hydrogen-bond donors (Lipinski definition) is 1. The summed E-state index contributed by atoms with van der Waals surface area (Å²) in [5.41, 5.74) is 6.77. The highest BCUT2D eigenvalue weighted by Crippen LogP contribution is 2.23. The van der Waals surface area contributed by atoms with Crippen LogP contribution in [0.15, 0.2) is 47.5 Å². The summed E-state index contributed by atoms with van der Waals surface area (Å²) in [6.45, 7) is 1.93. The van der Waals surface area contributed by atoms with E-state index in [4.69, 9.17) is 10.5 Å². The molecular formula is C14H16N2OS. The van der Waals surface area contributed by atoms with Crippen molar-refractivity contribution in [1.82, 2.24) is 4.98 Å². The number of benzene rings is 1. The van der Waals surface area contributed by atoms with E-state index in [0.717, 1.165) is 11.3 Å². The Bertz CT molecular complexity index is 494. The standard InChI is InChI=1S/C14H16N2OS/c1-10(15)11-3-8-14(16-9-11)17-12-4-6-13(18-2)7-5-12/h3-10H,15H2,1-2H3/t10-/m1/s1. The minimum Gasteiger partial charge on any atom is -0.439 e. The minimum atomic E-state index is -0.00703. The molecule has 0 saturated heterocycles. The summed E-state index contributed by atoms with van der Waals surface area (Å²) in [5.74, 6) is 1.37. The highest BCUT2D eigenvalue weighted by Gasteiger charge is 2.02. The summed E-state index contributed by atoms with van der Waals surface area (Å²) in [5, 5.41) is 0. The number of hydrogen-bond acceptors (Lipinski definition) is 4. The predicted molar refractivity (Wildman–Crippen MR) is 75.1 cm³/mol. The molecule has 0 saturated carbocycles. The zero-order chi connectivity index (χ0) is 13.0. The zero-order valence-corrected chi connectivity index (χ0v) is 11.3. The van der Waals surface area contributed by atoms with E-state index >= 15 is 0 Å². The summed E-state index contributed by atoms with van der Waals surface area (Å²) in [7, 11) is 0. The molecule has 1 heterocycles. The van der Waals surface area contributed by atoms with Crippen LogP contribution in [0.25, 0.3) is 0 Å². The Kier molecular flexibility index (Phi) is 4.23. The monoisotopic (exact) mass is 260 g/mol. The Balaban J connectivity index is 2.08. The molecule has 0 unspecified atom stereocenters. The minimum absolute atomic E-state index is 0.00703. The quantitative estimate of drug-likeness (QED) is 0.853. The van der Waals surface area contributed by atoms with Gasteiger partial charge in [0.2, 0.25) is 5.88 Å². The lowest BCUT2D eigenvalue weighted by molar-refractivity contribution is 0.462. The summed E-state index contributed by atoms with van der Waals surface area (Å²) >= 11 is 1.70. The van der Waals surface area contributed by atoms with Gasteiger partial charge in [0.05, 0.1) is 0 Å². The molecule has 0 aliphatic rings. The van der Waals surface area contributed by atoms with Crippen LogP contribution in [0.5, 0.6) is 11.6 Å². The van der Waals surface area contributed by atoms with Crippen molar-refractivity contribution >= 4 is 11.8 Å². The number of pyridine rings is 1. The lowest BCUT2D eigenvalue weighted by Gasteiger charge is -2.07. The third-order valence-electron chi connectivity index (χ3n) is 2.57. The maximum absolute atomic E-state index is 5.77. The topological polar surface area (TPSA) is 48.1 Å². The lowest BCUT2D eigenvalue weighted by Crippen LogP contribution is -2.05. The fourth-order valence-electron chi connectivity index (χ4n) is 1.49. The molecule has 0 radical (unpaired) electrons. The summed E-state index contributed by atoms with van der Waals surface area (Å²) in [6, 6.07) is 11.7. The molecule has 2 N–H and O–H groups in total. The molecule has 0 amide bonds. The van der Waals surface area contributed by atoms with Gasteiger partial charge in [0.1, 0.15) is 5.75 Å². The maximum Gasteiger partial charge on any atom is 0.219 e. The molecule has 18 heavy (non-hydrogen) atoms. The second kappa shape index (κ2) is 5.89. The van der Waals surface area contributed by atoms with Crippen molar-refractivity contribution < 1.29 is 4.74 Å². The second-order valence-electron chi connectivity index (χ2n) is 4.00.